The fourth-order valence-corrected chi connectivity index (χ4v) is 3.54. The summed E-state index contributed by atoms with van der Waals surface area (Å²) in [4.78, 5) is 26.7. The molecule has 7 heteroatoms. The minimum atomic E-state index is -0.253. The first-order chi connectivity index (χ1) is 12.7. The van der Waals surface area contributed by atoms with E-state index in [1.54, 1.807) is 11.2 Å². The minimum absolute atomic E-state index is 0.156. The van der Waals surface area contributed by atoms with E-state index in [0.29, 0.717) is 6.04 Å². The SMILES string of the molecule is O=C1NC(=NC2CC2)C(c2ccc(Br)cc2)N1c1ccc2nc[nH]c2c1. The van der Waals surface area contributed by atoms with Crippen molar-refractivity contribution in [3.8, 4) is 0 Å². The van der Waals surface area contributed by atoms with Crippen LogP contribution >= 0.6 is 15.9 Å². The Hall–Kier alpha value is -2.67. The van der Waals surface area contributed by atoms with E-state index < -0.39 is 0 Å². The van der Waals surface area contributed by atoms with Gasteiger partial charge in [-0.15, -0.1) is 0 Å². The van der Waals surface area contributed by atoms with E-state index in [1.807, 2.05) is 42.5 Å². The number of hydrogen-bond acceptors (Lipinski definition) is 3. The number of hydrogen-bond donors (Lipinski definition) is 2. The van der Waals surface area contributed by atoms with Crippen molar-refractivity contribution in [2.75, 3.05) is 4.90 Å². The molecule has 0 bridgehead atoms. The number of anilines is 1. The first kappa shape index (κ1) is 15.6. The highest BCUT2D eigenvalue weighted by molar-refractivity contribution is 9.10. The van der Waals surface area contributed by atoms with E-state index in [1.165, 1.54) is 0 Å². The van der Waals surface area contributed by atoms with Crippen molar-refractivity contribution in [3.05, 3.63) is 58.8 Å². The van der Waals surface area contributed by atoms with Gasteiger partial charge in [0.15, 0.2) is 0 Å². The average molecular weight is 410 g/mol. The number of nitrogens with zero attached hydrogens (tertiary/aromatic N) is 3. The van der Waals surface area contributed by atoms with E-state index >= 15 is 0 Å². The molecule has 2 aliphatic rings. The van der Waals surface area contributed by atoms with Crippen molar-refractivity contribution >= 4 is 44.5 Å². The molecule has 2 N–H and O–H groups in total. The molecule has 1 aromatic heterocycles. The zero-order chi connectivity index (χ0) is 17.7. The third kappa shape index (κ3) is 2.68. The first-order valence-electron chi connectivity index (χ1n) is 8.55. The van der Waals surface area contributed by atoms with Crippen molar-refractivity contribution in [1.29, 1.82) is 0 Å². The van der Waals surface area contributed by atoms with Gasteiger partial charge in [0.1, 0.15) is 11.9 Å². The first-order valence-corrected chi connectivity index (χ1v) is 9.35. The van der Waals surface area contributed by atoms with Crippen LogP contribution < -0.4 is 10.2 Å². The highest BCUT2D eigenvalue weighted by Crippen LogP contribution is 2.35. The molecule has 130 valence electrons. The maximum Gasteiger partial charge on any atom is 0.328 e. The third-order valence-electron chi connectivity index (χ3n) is 4.71. The number of rotatable bonds is 3. The number of halogens is 1. The van der Waals surface area contributed by atoms with Crippen molar-refractivity contribution < 1.29 is 4.79 Å². The van der Waals surface area contributed by atoms with Gasteiger partial charge in [-0.1, -0.05) is 28.1 Å². The van der Waals surface area contributed by atoms with Crippen LogP contribution in [0, 0.1) is 0 Å². The van der Waals surface area contributed by atoms with Crippen LogP contribution in [0.15, 0.2) is 58.3 Å². The van der Waals surface area contributed by atoms with Crippen molar-refractivity contribution in [2.45, 2.75) is 24.9 Å². The lowest BCUT2D eigenvalue weighted by Gasteiger charge is -2.23. The van der Waals surface area contributed by atoms with Gasteiger partial charge < -0.3 is 4.98 Å². The normalized spacial score (nSPS) is 21.6. The third-order valence-corrected chi connectivity index (χ3v) is 5.24. The molecule has 1 aliphatic carbocycles. The van der Waals surface area contributed by atoms with E-state index in [2.05, 4.69) is 31.2 Å². The summed E-state index contributed by atoms with van der Waals surface area (Å²) in [6.07, 6.45) is 3.84. The molecule has 0 spiro atoms. The standard InChI is InChI=1S/C19H16BrN5O/c20-12-3-1-11(2-4-12)17-18(23-13-5-6-13)24-19(26)25(17)14-7-8-15-16(9-14)22-10-21-15/h1-4,7-10,13,17H,5-6H2,(H,21,22)(H,23,24,26). The van der Waals surface area contributed by atoms with Gasteiger partial charge in [-0.3, -0.25) is 15.2 Å². The van der Waals surface area contributed by atoms with Crippen LogP contribution in [-0.4, -0.2) is 27.9 Å². The maximum absolute atomic E-state index is 12.8. The van der Waals surface area contributed by atoms with Crippen LogP contribution in [0.3, 0.4) is 0 Å². The predicted octanol–water partition coefficient (Wildman–Crippen LogP) is 4.16. The van der Waals surface area contributed by atoms with Crippen molar-refractivity contribution in [1.82, 2.24) is 15.3 Å². The Balaban J connectivity index is 1.62. The number of amides is 2. The number of imidazole rings is 1. The second-order valence-corrected chi connectivity index (χ2v) is 7.52. The summed E-state index contributed by atoms with van der Waals surface area (Å²) in [5.74, 6) is 0.726. The Labute approximate surface area is 158 Å². The number of amidine groups is 1. The zero-order valence-corrected chi connectivity index (χ0v) is 15.4. The Kier molecular flexibility index (Phi) is 3.56. The second-order valence-electron chi connectivity index (χ2n) is 6.60. The summed E-state index contributed by atoms with van der Waals surface area (Å²) in [5.41, 5.74) is 3.61. The number of fused-ring (bicyclic) bond motifs is 1. The fraction of sp³-hybridized carbons (Fsp3) is 0.211. The number of aliphatic imine (C=N–C) groups is 1. The van der Waals surface area contributed by atoms with Gasteiger partial charge in [0.2, 0.25) is 0 Å². The Morgan fingerprint density at radius 2 is 1.96 bits per heavy atom. The monoisotopic (exact) mass is 409 g/mol. The molecule has 26 heavy (non-hydrogen) atoms. The lowest BCUT2D eigenvalue weighted by molar-refractivity contribution is 0.252. The molecule has 0 radical (unpaired) electrons. The van der Waals surface area contributed by atoms with Gasteiger partial charge in [0.25, 0.3) is 0 Å². The lowest BCUT2D eigenvalue weighted by atomic mass is 10.0. The van der Waals surface area contributed by atoms with Crippen molar-refractivity contribution in [2.24, 2.45) is 4.99 Å². The Bertz CT molecular complexity index is 1020. The molecule has 3 aromatic rings. The predicted molar refractivity (Wildman–Crippen MR) is 104 cm³/mol. The topological polar surface area (TPSA) is 73.4 Å². The van der Waals surface area contributed by atoms with Gasteiger partial charge in [-0.2, -0.15) is 0 Å². The molecule has 2 amide bonds. The summed E-state index contributed by atoms with van der Waals surface area (Å²) in [6, 6.07) is 13.8. The quantitative estimate of drug-likeness (QED) is 0.681. The van der Waals surface area contributed by atoms with Crippen LogP contribution in [0.25, 0.3) is 11.0 Å². The molecular weight excluding hydrogens is 394 g/mol. The highest BCUT2D eigenvalue weighted by Gasteiger charge is 2.40. The van der Waals surface area contributed by atoms with Crippen LogP contribution in [0.1, 0.15) is 24.4 Å². The Morgan fingerprint density at radius 3 is 2.73 bits per heavy atom. The molecule has 2 fully saturated rings. The zero-order valence-electron chi connectivity index (χ0n) is 13.8. The summed E-state index contributed by atoms with van der Waals surface area (Å²) in [6.45, 7) is 0. The lowest BCUT2D eigenvalue weighted by Crippen LogP contribution is -2.29. The van der Waals surface area contributed by atoms with Crippen LogP contribution in [-0.2, 0) is 0 Å². The number of carbonyl (C=O) groups is 1. The summed E-state index contributed by atoms with van der Waals surface area (Å²) >= 11 is 3.48. The molecule has 5 rings (SSSR count). The molecule has 1 aliphatic heterocycles. The number of benzene rings is 2. The molecule has 2 aromatic carbocycles. The molecule has 1 saturated carbocycles. The van der Waals surface area contributed by atoms with Crippen LogP contribution in [0.4, 0.5) is 10.5 Å². The minimum Gasteiger partial charge on any atom is -0.345 e. The molecular formula is C19H16BrN5O. The number of aromatic amines is 1. The number of urea groups is 1. The van der Waals surface area contributed by atoms with E-state index in [0.717, 1.165) is 45.4 Å². The number of aromatic nitrogens is 2. The van der Waals surface area contributed by atoms with Gasteiger partial charge in [-0.25, -0.2) is 9.78 Å². The number of carbonyl (C=O) groups excluding carboxylic acids is 1. The van der Waals surface area contributed by atoms with Gasteiger partial charge in [-0.05, 0) is 48.7 Å². The molecule has 2 heterocycles. The maximum atomic E-state index is 12.8. The number of H-pyrrole nitrogens is 1. The summed E-state index contributed by atoms with van der Waals surface area (Å²) in [5, 5.41) is 2.98. The molecule has 1 saturated heterocycles. The van der Waals surface area contributed by atoms with Gasteiger partial charge in [0, 0.05) is 10.2 Å². The van der Waals surface area contributed by atoms with E-state index in [4.69, 9.17) is 4.99 Å². The average Bonchev–Trinajstić information content (AvgIpc) is 3.22. The summed E-state index contributed by atoms with van der Waals surface area (Å²) < 4.78 is 1.00. The van der Waals surface area contributed by atoms with Crippen LogP contribution in [0.5, 0.6) is 0 Å². The smallest absolute Gasteiger partial charge is 0.328 e. The van der Waals surface area contributed by atoms with Crippen LogP contribution in [0.2, 0.25) is 0 Å². The largest absolute Gasteiger partial charge is 0.345 e. The summed E-state index contributed by atoms with van der Waals surface area (Å²) in [7, 11) is 0. The number of nitrogens with one attached hydrogen (secondary N) is 2. The van der Waals surface area contributed by atoms with E-state index in [-0.39, 0.29) is 12.1 Å². The fourth-order valence-electron chi connectivity index (χ4n) is 3.27. The molecule has 6 nitrogen and oxygen atoms in total. The molecule has 1 atom stereocenters. The van der Waals surface area contributed by atoms with E-state index in [9.17, 15) is 4.79 Å². The Morgan fingerprint density at radius 1 is 1.15 bits per heavy atom. The van der Waals surface area contributed by atoms with Gasteiger partial charge in [0.05, 0.1) is 23.4 Å². The van der Waals surface area contributed by atoms with Crippen molar-refractivity contribution in [3.63, 3.8) is 0 Å². The molecule has 1 unspecified atom stereocenters. The second kappa shape index (κ2) is 5.95. The highest BCUT2D eigenvalue weighted by atomic mass is 79.9. The van der Waals surface area contributed by atoms with Gasteiger partial charge >= 0.3 is 6.03 Å².